The Kier molecular flexibility index (Phi) is 8.25. The van der Waals surface area contributed by atoms with Gasteiger partial charge in [0.2, 0.25) is 21.7 Å². The third kappa shape index (κ3) is 6.29. The van der Waals surface area contributed by atoms with Gasteiger partial charge in [-0.25, -0.2) is 17.2 Å². The Morgan fingerprint density at radius 1 is 1.09 bits per heavy atom. The van der Waals surface area contributed by atoms with Gasteiger partial charge in [0.15, 0.2) is 11.6 Å². The van der Waals surface area contributed by atoms with Crippen LogP contribution >= 0.6 is 0 Å². The van der Waals surface area contributed by atoms with Crippen molar-refractivity contribution in [2.45, 2.75) is 50.5 Å². The zero-order valence-electron chi connectivity index (χ0n) is 19.2. The van der Waals surface area contributed by atoms with Crippen LogP contribution in [-0.2, 0) is 14.8 Å². The standard InChI is InChI=1S/C24H29F3N2O4S/c1-24(2,13-4-16-33-21-6-3-5-20(26)22(21)27)23(30)28-18-11-14-29(15-12-18)34(31,32)19-9-7-17(25)8-10-19/h3,5-10,18H,4,11-16H2,1-2H3,(H,28,30). The van der Waals surface area contributed by atoms with Gasteiger partial charge >= 0.3 is 0 Å². The molecule has 0 saturated carbocycles. The molecule has 1 fully saturated rings. The molecule has 1 N–H and O–H groups in total. The SMILES string of the molecule is CC(C)(CCCOc1cccc(F)c1F)C(=O)NC1CCN(S(=O)(=O)c2ccc(F)cc2)CC1. The number of carbonyl (C=O) groups is 1. The second-order valence-corrected chi connectivity index (χ2v) is 10.9. The molecule has 1 amide bonds. The second kappa shape index (κ2) is 10.8. The van der Waals surface area contributed by atoms with Crippen LogP contribution < -0.4 is 10.1 Å². The molecule has 0 spiro atoms. The van der Waals surface area contributed by atoms with E-state index in [2.05, 4.69) is 5.32 Å². The molecule has 0 radical (unpaired) electrons. The number of hydrogen-bond acceptors (Lipinski definition) is 4. The van der Waals surface area contributed by atoms with Crippen molar-refractivity contribution < 1.29 is 31.1 Å². The molecule has 2 aromatic rings. The molecule has 3 rings (SSSR count). The summed E-state index contributed by atoms with van der Waals surface area (Å²) in [6.45, 7) is 4.21. The molecule has 6 nitrogen and oxygen atoms in total. The normalized spacial score (nSPS) is 15.8. The first-order valence-electron chi connectivity index (χ1n) is 11.1. The number of ether oxygens (including phenoxy) is 1. The fourth-order valence-corrected chi connectivity index (χ4v) is 5.25. The molecule has 0 aliphatic carbocycles. The Hall–Kier alpha value is -2.59. The molecular weight excluding hydrogens is 469 g/mol. The van der Waals surface area contributed by atoms with E-state index in [0.717, 1.165) is 18.2 Å². The zero-order valence-corrected chi connectivity index (χ0v) is 20.0. The monoisotopic (exact) mass is 498 g/mol. The Balaban J connectivity index is 1.45. The van der Waals surface area contributed by atoms with E-state index in [1.165, 1.54) is 28.6 Å². The van der Waals surface area contributed by atoms with Crippen LogP contribution in [0.25, 0.3) is 0 Å². The van der Waals surface area contributed by atoms with Gasteiger partial charge in [-0.05, 0) is 62.1 Å². The first kappa shape index (κ1) is 26.0. The van der Waals surface area contributed by atoms with Gasteiger partial charge in [-0.15, -0.1) is 0 Å². The molecule has 1 aliphatic rings. The molecule has 1 heterocycles. The van der Waals surface area contributed by atoms with E-state index in [1.807, 2.05) is 0 Å². The van der Waals surface area contributed by atoms with Crippen molar-refractivity contribution in [3.63, 3.8) is 0 Å². The van der Waals surface area contributed by atoms with Gasteiger partial charge in [0.25, 0.3) is 0 Å². The van der Waals surface area contributed by atoms with E-state index in [4.69, 9.17) is 4.74 Å². The molecular formula is C24H29F3N2O4S. The Morgan fingerprint density at radius 2 is 1.74 bits per heavy atom. The van der Waals surface area contributed by atoms with Crippen molar-refractivity contribution in [1.82, 2.24) is 9.62 Å². The number of nitrogens with one attached hydrogen (secondary N) is 1. The molecule has 1 aliphatic heterocycles. The molecule has 10 heteroatoms. The summed E-state index contributed by atoms with van der Waals surface area (Å²) < 4.78 is 72.1. The highest BCUT2D eigenvalue weighted by Crippen LogP contribution is 2.26. The van der Waals surface area contributed by atoms with Crippen LogP contribution in [0.2, 0.25) is 0 Å². The first-order chi connectivity index (χ1) is 16.0. The van der Waals surface area contributed by atoms with Crippen molar-refractivity contribution in [3.05, 3.63) is 59.9 Å². The van der Waals surface area contributed by atoms with Gasteiger partial charge in [0, 0.05) is 24.5 Å². The van der Waals surface area contributed by atoms with Crippen molar-refractivity contribution in [3.8, 4) is 5.75 Å². The molecule has 0 aromatic heterocycles. The number of halogens is 3. The van der Waals surface area contributed by atoms with Crippen molar-refractivity contribution >= 4 is 15.9 Å². The highest BCUT2D eigenvalue weighted by Gasteiger charge is 2.33. The summed E-state index contributed by atoms with van der Waals surface area (Å²) in [6.07, 6.45) is 1.85. The third-order valence-electron chi connectivity index (χ3n) is 5.98. The van der Waals surface area contributed by atoms with Crippen molar-refractivity contribution in [2.24, 2.45) is 5.41 Å². The molecule has 186 valence electrons. The van der Waals surface area contributed by atoms with Crippen LogP contribution in [0.3, 0.4) is 0 Å². The zero-order chi connectivity index (χ0) is 24.9. The minimum Gasteiger partial charge on any atom is -0.490 e. The van der Waals surface area contributed by atoms with Crippen molar-refractivity contribution in [2.75, 3.05) is 19.7 Å². The summed E-state index contributed by atoms with van der Waals surface area (Å²) in [6, 6.07) is 8.27. The largest absolute Gasteiger partial charge is 0.490 e. The van der Waals surface area contributed by atoms with Crippen LogP contribution in [0.4, 0.5) is 13.2 Å². The lowest BCUT2D eigenvalue weighted by atomic mass is 9.86. The van der Waals surface area contributed by atoms with E-state index in [9.17, 15) is 26.4 Å². The third-order valence-corrected chi connectivity index (χ3v) is 7.89. The van der Waals surface area contributed by atoms with E-state index in [-0.39, 0.29) is 42.3 Å². The number of benzene rings is 2. The molecule has 0 atom stereocenters. The molecule has 0 unspecified atom stereocenters. The van der Waals surface area contributed by atoms with Gasteiger partial charge in [-0.3, -0.25) is 4.79 Å². The number of amides is 1. The van der Waals surface area contributed by atoms with Gasteiger partial charge < -0.3 is 10.1 Å². The lowest BCUT2D eigenvalue weighted by Crippen LogP contribution is -2.49. The van der Waals surface area contributed by atoms with Gasteiger partial charge in [-0.1, -0.05) is 19.9 Å². The van der Waals surface area contributed by atoms with E-state index < -0.39 is 32.9 Å². The van der Waals surface area contributed by atoms with E-state index in [1.54, 1.807) is 13.8 Å². The molecule has 1 saturated heterocycles. The van der Waals surface area contributed by atoms with Crippen LogP contribution in [0.1, 0.15) is 39.5 Å². The average molecular weight is 499 g/mol. The lowest BCUT2D eigenvalue weighted by molar-refractivity contribution is -0.130. The number of rotatable bonds is 9. The topological polar surface area (TPSA) is 75.7 Å². The summed E-state index contributed by atoms with van der Waals surface area (Å²) in [7, 11) is -3.71. The van der Waals surface area contributed by atoms with Crippen LogP contribution in [-0.4, -0.2) is 44.4 Å². The maximum atomic E-state index is 13.6. The Bertz CT molecular complexity index is 1100. The van der Waals surface area contributed by atoms with Crippen LogP contribution in [0, 0.1) is 22.9 Å². The smallest absolute Gasteiger partial charge is 0.243 e. The Morgan fingerprint density at radius 3 is 2.38 bits per heavy atom. The predicted molar refractivity (Wildman–Crippen MR) is 121 cm³/mol. The molecule has 2 aromatic carbocycles. The molecule has 0 bridgehead atoms. The maximum Gasteiger partial charge on any atom is 0.243 e. The maximum absolute atomic E-state index is 13.6. The van der Waals surface area contributed by atoms with E-state index in [0.29, 0.717) is 25.7 Å². The predicted octanol–water partition coefficient (Wildman–Crippen LogP) is 4.26. The summed E-state index contributed by atoms with van der Waals surface area (Å²) >= 11 is 0. The number of sulfonamides is 1. The first-order valence-corrected chi connectivity index (χ1v) is 12.6. The highest BCUT2D eigenvalue weighted by molar-refractivity contribution is 7.89. The molecule has 34 heavy (non-hydrogen) atoms. The van der Waals surface area contributed by atoms with E-state index >= 15 is 0 Å². The number of piperidine rings is 1. The summed E-state index contributed by atoms with van der Waals surface area (Å²) in [5.41, 5.74) is -0.721. The quantitative estimate of drug-likeness (QED) is 0.525. The fraction of sp³-hybridized carbons (Fsp3) is 0.458. The van der Waals surface area contributed by atoms with Crippen LogP contribution in [0.15, 0.2) is 47.4 Å². The van der Waals surface area contributed by atoms with Gasteiger partial charge in [0.05, 0.1) is 11.5 Å². The van der Waals surface area contributed by atoms with Crippen LogP contribution in [0.5, 0.6) is 5.75 Å². The number of carbonyl (C=O) groups excluding carboxylic acids is 1. The van der Waals surface area contributed by atoms with Crippen molar-refractivity contribution in [1.29, 1.82) is 0 Å². The average Bonchev–Trinajstić information content (AvgIpc) is 2.80. The second-order valence-electron chi connectivity index (χ2n) is 8.99. The number of hydrogen-bond donors (Lipinski definition) is 1. The summed E-state index contributed by atoms with van der Waals surface area (Å²) in [5, 5.41) is 2.99. The lowest BCUT2D eigenvalue weighted by Gasteiger charge is -2.33. The highest BCUT2D eigenvalue weighted by atomic mass is 32.2. The van der Waals surface area contributed by atoms with Gasteiger partial charge in [0.1, 0.15) is 5.82 Å². The fourth-order valence-electron chi connectivity index (χ4n) is 3.78. The minimum absolute atomic E-state index is 0.0397. The summed E-state index contributed by atoms with van der Waals surface area (Å²) in [4.78, 5) is 12.8. The van der Waals surface area contributed by atoms with Gasteiger partial charge in [-0.2, -0.15) is 8.70 Å². The summed E-state index contributed by atoms with van der Waals surface area (Å²) in [5.74, 6) is -2.84. The Labute approximate surface area is 198 Å². The number of nitrogens with zero attached hydrogens (tertiary/aromatic N) is 1. The minimum atomic E-state index is -3.71.